The van der Waals surface area contributed by atoms with Crippen molar-refractivity contribution in [3.05, 3.63) is 72.9 Å². The zero-order valence-corrected chi connectivity index (χ0v) is 36.1. The van der Waals surface area contributed by atoms with E-state index < -0.39 is 59.8 Å². The molecule has 1 heterocycles. The smallest absolute Gasteiger partial charge is 0.397 e. The normalized spacial score (nSPS) is 21.2. The minimum absolute atomic E-state index is 0.0132. The van der Waals surface area contributed by atoms with E-state index in [-0.39, 0.29) is 19.6 Å². The van der Waals surface area contributed by atoms with Crippen molar-refractivity contribution < 1.29 is 56.2 Å². The van der Waals surface area contributed by atoms with Crippen LogP contribution in [0.5, 0.6) is 0 Å². The molecule has 4 N–H and O–H groups in total. The van der Waals surface area contributed by atoms with E-state index in [0.717, 1.165) is 116 Å². The van der Waals surface area contributed by atoms with Crippen molar-refractivity contribution in [2.24, 2.45) is 0 Å². The molecular formula is C45H76O12S. The largest absolute Gasteiger partial charge is 0.457 e. The fourth-order valence-corrected chi connectivity index (χ4v) is 6.56. The van der Waals surface area contributed by atoms with E-state index in [1.807, 2.05) is 0 Å². The molecule has 6 atom stereocenters. The number of carbonyl (C=O) groups excluding carboxylic acids is 1. The summed E-state index contributed by atoms with van der Waals surface area (Å²) in [6, 6.07) is 0. The minimum Gasteiger partial charge on any atom is -0.457 e. The highest BCUT2D eigenvalue weighted by molar-refractivity contribution is 7.80. The third kappa shape index (κ3) is 29.7. The van der Waals surface area contributed by atoms with E-state index in [9.17, 15) is 28.5 Å². The van der Waals surface area contributed by atoms with E-state index in [1.165, 1.54) is 0 Å². The summed E-state index contributed by atoms with van der Waals surface area (Å²) in [5.74, 6) is -0.425. The Hall–Kier alpha value is -2.46. The summed E-state index contributed by atoms with van der Waals surface area (Å²) >= 11 is 0. The minimum atomic E-state index is -5.07. The van der Waals surface area contributed by atoms with E-state index in [4.69, 9.17) is 23.5 Å². The predicted molar refractivity (Wildman–Crippen MR) is 229 cm³/mol. The maximum absolute atomic E-state index is 12.8. The summed E-state index contributed by atoms with van der Waals surface area (Å²) in [6.07, 6.45) is 36.5. The van der Waals surface area contributed by atoms with Gasteiger partial charge in [0.25, 0.3) is 0 Å². The fourth-order valence-electron chi connectivity index (χ4n) is 6.05. The first-order valence-corrected chi connectivity index (χ1v) is 23.1. The molecule has 0 saturated carbocycles. The number of allylic oxidation sites excluding steroid dienone is 12. The number of hydrogen-bond acceptors (Lipinski definition) is 11. The topological polar surface area (TPSA) is 178 Å². The number of esters is 1. The molecule has 0 aromatic carbocycles. The average Bonchev–Trinajstić information content (AvgIpc) is 3.19. The second kappa shape index (κ2) is 36.4. The zero-order valence-electron chi connectivity index (χ0n) is 35.3. The third-order valence-corrected chi connectivity index (χ3v) is 9.76. The highest BCUT2D eigenvalue weighted by Gasteiger charge is 2.48. The Morgan fingerprint density at radius 1 is 0.672 bits per heavy atom. The molecule has 1 rings (SSSR count). The van der Waals surface area contributed by atoms with Gasteiger partial charge in [0.1, 0.15) is 30.5 Å². The van der Waals surface area contributed by atoms with Crippen molar-refractivity contribution in [1.82, 2.24) is 0 Å². The van der Waals surface area contributed by atoms with E-state index in [1.54, 1.807) is 0 Å². The van der Waals surface area contributed by atoms with Gasteiger partial charge in [-0.1, -0.05) is 132 Å². The van der Waals surface area contributed by atoms with Gasteiger partial charge in [0.2, 0.25) is 0 Å². The molecule has 0 spiro atoms. The van der Waals surface area contributed by atoms with Crippen LogP contribution in [-0.4, -0.2) is 97.5 Å². The van der Waals surface area contributed by atoms with Crippen LogP contribution in [0, 0.1) is 0 Å². The second-order valence-corrected chi connectivity index (χ2v) is 15.6. The quantitative estimate of drug-likeness (QED) is 0.0204. The van der Waals surface area contributed by atoms with Crippen molar-refractivity contribution in [1.29, 1.82) is 0 Å². The first-order valence-electron chi connectivity index (χ1n) is 21.7. The number of ether oxygens (including phenoxy) is 4. The molecule has 0 aromatic heterocycles. The van der Waals surface area contributed by atoms with Crippen molar-refractivity contribution in [3.8, 4) is 0 Å². The molecule has 0 bridgehead atoms. The molecule has 1 aliphatic heterocycles. The van der Waals surface area contributed by atoms with Crippen molar-refractivity contribution in [3.63, 3.8) is 0 Å². The molecule has 1 fully saturated rings. The summed E-state index contributed by atoms with van der Waals surface area (Å²) in [6.45, 7) is 3.72. The highest BCUT2D eigenvalue weighted by atomic mass is 32.3. The van der Waals surface area contributed by atoms with Crippen LogP contribution in [0.15, 0.2) is 72.9 Å². The summed E-state index contributed by atoms with van der Waals surface area (Å²) in [7, 11) is -5.07. The van der Waals surface area contributed by atoms with Crippen LogP contribution in [0.4, 0.5) is 0 Å². The molecule has 1 aliphatic rings. The first-order chi connectivity index (χ1) is 28.1. The Bertz CT molecular complexity index is 1290. The standard InChI is InChI=1S/C45H76O12S/c1-3-5-7-9-11-13-15-17-18-19-20-21-23-25-27-29-31-33-35-53-37-39(38-54-45-43(49)44(57-58(50,51)52)42(48)40(36-46)56-45)55-41(47)34-32-30-28-26-24-22-16-14-12-10-8-6-4-2/h5,7-8,10-11,13-14,16-18,20-21,39-40,42-46,48-49H,3-4,6,9,12,15,19,22-38H2,1-2H3,(H,50,51,52)/b7-5-,10-8-,13-11-,16-14-,18-17-,21-20-. The van der Waals surface area contributed by atoms with Crippen LogP contribution >= 0.6 is 0 Å². The summed E-state index contributed by atoms with van der Waals surface area (Å²) in [5, 5.41) is 30.6. The number of rotatable bonds is 36. The van der Waals surface area contributed by atoms with Gasteiger partial charge in [-0.25, -0.2) is 4.18 Å². The Morgan fingerprint density at radius 2 is 1.19 bits per heavy atom. The number of aliphatic hydroxyl groups excluding tert-OH is 3. The number of unbranched alkanes of at least 4 members (excludes halogenated alkanes) is 11. The third-order valence-electron chi connectivity index (χ3n) is 9.29. The average molecular weight is 841 g/mol. The lowest BCUT2D eigenvalue weighted by atomic mass is 9.99. The predicted octanol–water partition coefficient (Wildman–Crippen LogP) is 8.74. The maximum Gasteiger partial charge on any atom is 0.397 e. The molecule has 334 valence electrons. The van der Waals surface area contributed by atoms with Crippen molar-refractivity contribution in [2.45, 2.75) is 179 Å². The monoisotopic (exact) mass is 841 g/mol. The SMILES string of the molecule is CC/C=C\C/C=C\C/C=C\C/C=C\CCCCCCCOCC(COC1OC(CO)C(O)C(OS(=O)(=O)O)C1O)OC(=O)CCCCCCC/C=C\C/C=C\CCC. The highest BCUT2D eigenvalue weighted by Crippen LogP contribution is 2.26. The molecule has 12 nitrogen and oxygen atoms in total. The Kier molecular flexibility index (Phi) is 33.6. The van der Waals surface area contributed by atoms with Crippen molar-refractivity contribution in [2.75, 3.05) is 26.4 Å². The lowest BCUT2D eigenvalue weighted by Crippen LogP contribution is -2.60. The van der Waals surface area contributed by atoms with Gasteiger partial charge in [-0.3, -0.25) is 9.35 Å². The molecule has 0 aromatic rings. The van der Waals surface area contributed by atoms with Crippen LogP contribution < -0.4 is 0 Å². The fraction of sp³-hybridized carbons (Fsp3) is 0.711. The van der Waals surface area contributed by atoms with Gasteiger partial charge in [0.05, 0.1) is 19.8 Å². The molecule has 0 aliphatic carbocycles. The van der Waals surface area contributed by atoms with Crippen LogP contribution in [0.25, 0.3) is 0 Å². The first kappa shape index (κ1) is 53.6. The number of aliphatic hydroxyl groups is 3. The number of carbonyl (C=O) groups is 1. The van der Waals surface area contributed by atoms with Gasteiger partial charge >= 0.3 is 16.4 Å². The van der Waals surface area contributed by atoms with Gasteiger partial charge in [-0.2, -0.15) is 8.42 Å². The van der Waals surface area contributed by atoms with Crippen LogP contribution in [0.3, 0.4) is 0 Å². The van der Waals surface area contributed by atoms with E-state index >= 15 is 0 Å². The van der Waals surface area contributed by atoms with Crippen LogP contribution in [0.1, 0.15) is 142 Å². The molecular weight excluding hydrogens is 765 g/mol. The van der Waals surface area contributed by atoms with Crippen molar-refractivity contribution >= 4 is 16.4 Å². The molecule has 13 heteroatoms. The molecule has 0 amide bonds. The zero-order chi connectivity index (χ0) is 42.5. The van der Waals surface area contributed by atoms with Gasteiger partial charge in [-0.05, 0) is 77.0 Å². The van der Waals surface area contributed by atoms with Gasteiger partial charge in [0.15, 0.2) is 6.29 Å². The molecule has 0 radical (unpaired) electrons. The molecule has 6 unspecified atom stereocenters. The van der Waals surface area contributed by atoms with Gasteiger partial charge in [0, 0.05) is 13.0 Å². The Balaban J connectivity index is 2.47. The lowest BCUT2D eigenvalue weighted by Gasteiger charge is -2.41. The van der Waals surface area contributed by atoms with Gasteiger partial charge in [-0.15, -0.1) is 0 Å². The van der Waals surface area contributed by atoms with Gasteiger partial charge < -0.3 is 34.3 Å². The van der Waals surface area contributed by atoms with Crippen LogP contribution in [-0.2, 0) is 38.3 Å². The Morgan fingerprint density at radius 3 is 1.74 bits per heavy atom. The van der Waals surface area contributed by atoms with E-state index in [0.29, 0.717) is 13.0 Å². The van der Waals surface area contributed by atoms with E-state index in [2.05, 4.69) is 90.9 Å². The van der Waals surface area contributed by atoms with Crippen LogP contribution in [0.2, 0.25) is 0 Å². The number of hydrogen-bond donors (Lipinski definition) is 4. The summed E-state index contributed by atoms with van der Waals surface area (Å²) in [5.41, 5.74) is 0. The second-order valence-electron chi connectivity index (χ2n) is 14.5. The molecule has 58 heavy (non-hydrogen) atoms. The Labute approximate surface area is 350 Å². The summed E-state index contributed by atoms with van der Waals surface area (Å²) in [4.78, 5) is 12.8. The summed E-state index contributed by atoms with van der Waals surface area (Å²) < 4.78 is 58.9. The maximum atomic E-state index is 12.8. The lowest BCUT2D eigenvalue weighted by molar-refractivity contribution is -0.301. The molecule has 1 saturated heterocycles.